The van der Waals surface area contributed by atoms with Crippen LogP contribution in [0.2, 0.25) is 0 Å². The predicted molar refractivity (Wildman–Crippen MR) is 66.5 cm³/mol. The minimum atomic E-state index is -1.44. The van der Waals surface area contributed by atoms with Crippen LogP contribution in [0.1, 0.15) is 19.3 Å². The number of aliphatic hydroxyl groups excluding tert-OH is 2. The van der Waals surface area contributed by atoms with Gasteiger partial charge in [-0.1, -0.05) is 0 Å². The van der Waals surface area contributed by atoms with Crippen molar-refractivity contribution in [3.8, 4) is 0 Å². The van der Waals surface area contributed by atoms with E-state index in [2.05, 4.69) is 0 Å². The minimum absolute atomic E-state index is 0. The molecule has 120 valence electrons. The predicted octanol–water partition coefficient (Wildman–Crippen LogP) is 0.385. The zero-order chi connectivity index (χ0) is 15.1. The van der Waals surface area contributed by atoms with Crippen LogP contribution >= 0.6 is 0 Å². The summed E-state index contributed by atoms with van der Waals surface area (Å²) in [5, 5.41) is 34.1. The van der Waals surface area contributed by atoms with E-state index in [9.17, 15) is 9.59 Å². The second-order valence-electron chi connectivity index (χ2n) is 4.72. The molecule has 1 rings (SSSR count). The minimum Gasteiger partial charge on any atom is -0.677 e. The Kier molecular flexibility index (Phi) is 10.2. The van der Waals surface area contributed by atoms with Gasteiger partial charge in [-0.05, 0) is 24.7 Å². The summed E-state index contributed by atoms with van der Waals surface area (Å²) in [6.45, 7) is -0.750. The number of carboxylic acids is 2. The summed E-state index contributed by atoms with van der Waals surface area (Å²) >= 11 is 0. The molecule has 0 radical (unpaired) electrons. The third-order valence-corrected chi connectivity index (χ3v) is 3.45. The Bertz CT molecular complexity index is 285. The van der Waals surface area contributed by atoms with Crippen molar-refractivity contribution in [1.82, 2.24) is 0 Å². The fourth-order valence-electron chi connectivity index (χ4n) is 1.39. The topological polar surface area (TPSA) is 163 Å². The molecule has 0 aromatic heterocycles. The molecule has 0 aliphatic heterocycles. The normalized spacial score (nSPS) is 16.0. The molecular formula is C11H20N2O6Pt. The van der Waals surface area contributed by atoms with Gasteiger partial charge in [-0.25, -0.2) is 0 Å². The molecule has 0 aromatic carbocycles. The number of aliphatic hydroxyl groups is 2. The molecule has 0 unspecified atom stereocenters. The Morgan fingerprint density at radius 2 is 1.35 bits per heavy atom. The molecule has 0 spiro atoms. The number of nitrogens with one attached hydrogen (secondary N) is 2. The standard InChI is InChI=1S/C6H8O4.C5H12N2O2.Pt/c7-4(8)6(5(9)10)2-1-3-6;6-1-5(2-7,3-8)4-9;/h1-3H2,(H,7,8)(H,9,10);6-9H,1-4H2;/q;-2;+2. The van der Waals surface area contributed by atoms with Crippen LogP contribution in [0.4, 0.5) is 0 Å². The molecule has 9 heteroatoms. The van der Waals surface area contributed by atoms with E-state index < -0.39 is 22.8 Å². The Labute approximate surface area is 131 Å². The van der Waals surface area contributed by atoms with Gasteiger partial charge in [0.15, 0.2) is 5.41 Å². The third kappa shape index (κ3) is 4.78. The van der Waals surface area contributed by atoms with Crippen molar-refractivity contribution in [2.24, 2.45) is 10.8 Å². The van der Waals surface area contributed by atoms with Crippen LogP contribution < -0.4 is 0 Å². The van der Waals surface area contributed by atoms with E-state index >= 15 is 0 Å². The van der Waals surface area contributed by atoms with E-state index in [1.165, 1.54) is 0 Å². The molecule has 6 N–H and O–H groups in total. The van der Waals surface area contributed by atoms with Crippen LogP contribution in [-0.4, -0.2) is 58.7 Å². The van der Waals surface area contributed by atoms with Gasteiger partial charge in [-0.3, -0.25) is 9.59 Å². The summed E-state index contributed by atoms with van der Waals surface area (Å²) in [7, 11) is 0. The number of aliphatic carboxylic acids is 2. The first kappa shape index (κ1) is 21.8. The number of carbonyl (C=O) groups is 2. The maximum Gasteiger partial charge on any atom is 2.00 e. The molecule has 0 bridgehead atoms. The van der Waals surface area contributed by atoms with E-state index in [4.69, 9.17) is 31.9 Å². The Balaban J connectivity index is 0. The fraction of sp³-hybridized carbons (Fsp3) is 0.818. The van der Waals surface area contributed by atoms with Crippen molar-refractivity contribution < 1.29 is 51.1 Å². The van der Waals surface area contributed by atoms with Gasteiger partial charge >= 0.3 is 33.0 Å². The number of carboxylic acid groups (broad SMARTS) is 2. The van der Waals surface area contributed by atoms with E-state index in [-0.39, 0.29) is 60.2 Å². The van der Waals surface area contributed by atoms with Crippen LogP contribution in [0.3, 0.4) is 0 Å². The molecule has 20 heavy (non-hydrogen) atoms. The van der Waals surface area contributed by atoms with E-state index in [1.54, 1.807) is 0 Å². The molecule has 1 saturated carbocycles. The van der Waals surface area contributed by atoms with Gasteiger partial charge in [0.1, 0.15) is 0 Å². The zero-order valence-corrected chi connectivity index (χ0v) is 13.1. The smallest absolute Gasteiger partial charge is 0.677 e. The average Bonchev–Trinajstić information content (AvgIpc) is 2.31. The van der Waals surface area contributed by atoms with Crippen molar-refractivity contribution in [2.75, 3.05) is 26.3 Å². The summed E-state index contributed by atoms with van der Waals surface area (Å²) < 4.78 is 0. The molecule has 0 atom stereocenters. The number of rotatable bonds is 6. The largest absolute Gasteiger partial charge is 2.00 e. The third-order valence-electron chi connectivity index (χ3n) is 3.45. The number of hydrogen-bond donors (Lipinski definition) is 4. The van der Waals surface area contributed by atoms with Gasteiger partial charge in [-0.2, -0.15) is 0 Å². The van der Waals surface area contributed by atoms with Gasteiger partial charge in [-0.15, -0.1) is 13.1 Å². The fourth-order valence-corrected chi connectivity index (χ4v) is 1.39. The maximum atomic E-state index is 10.4. The Hall–Kier alpha value is -0.532. The summed E-state index contributed by atoms with van der Waals surface area (Å²) in [6, 6.07) is 0. The van der Waals surface area contributed by atoms with E-state index in [1.807, 2.05) is 0 Å². The molecule has 0 amide bonds. The Morgan fingerprint density at radius 3 is 1.35 bits per heavy atom. The van der Waals surface area contributed by atoms with Crippen molar-refractivity contribution in [1.29, 1.82) is 0 Å². The van der Waals surface area contributed by atoms with E-state index in [0.717, 1.165) is 0 Å². The van der Waals surface area contributed by atoms with Gasteiger partial charge in [0.05, 0.1) is 0 Å². The summed E-state index contributed by atoms with van der Waals surface area (Å²) in [5.41, 5.74) is 11.4. The van der Waals surface area contributed by atoms with Gasteiger partial charge in [0.25, 0.3) is 0 Å². The van der Waals surface area contributed by atoms with Crippen LogP contribution in [0.15, 0.2) is 0 Å². The monoisotopic (exact) mass is 471 g/mol. The quantitative estimate of drug-likeness (QED) is 0.410. The molecule has 0 heterocycles. The molecule has 0 aromatic rings. The molecular weight excluding hydrogens is 451 g/mol. The molecule has 0 saturated heterocycles. The first-order valence-corrected chi connectivity index (χ1v) is 5.82. The van der Waals surface area contributed by atoms with Crippen LogP contribution in [0.5, 0.6) is 0 Å². The van der Waals surface area contributed by atoms with Gasteiger partial charge < -0.3 is 31.9 Å². The van der Waals surface area contributed by atoms with Crippen LogP contribution in [-0.2, 0) is 30.7 Å². The molecule has 1 fully saturated rings. The number of hydrogen-bond acceptors (Lipinski definition) is 4. The van der Waals surface area contributed by atoms with Gasteiger partial charge in [0.2, 0.25) is 0 Å². The van der Waals surface area contributed by atoms with E-state index in [0.29, 0.717) is 6.42 Å². The van der Waals surface area contributed by atoms with Crippen LogP contribution in [0, 0.1) is 10.8 Å². The Morgan fingerprint density at radius 1 is 1.00 bits per heavy atom. The molecule has 8 nitrogen and oxygen atoms in total. The van der Waals surface area contributed by atoms with Crippen molar-refractivity contribution in [3.05, 3.63) is 11.5 Å². The second kappa shape index (κ2) is 9.41. The summed E-state index contributed by atoms with van der Waals surface area (Å²) in [4.78, 5) is 20.7. The SMILES string of the molecule is O=C(O)C1(C(=O)O)CCC1.[NH-]CC(C[NH-])(CO)CO.[Pt+2]. The zero-order valence-electron chi connectivity index (χ0n) is 10.9. The summed E-state index contributed by atoms with van der Waals surface area (Å²) in [5.74, 6) is -2.41. The first-order valence-electron chi connectivity index (χ1n) is 5.82. The van der Waals surface area contributed by atoms with Crippen LogP contribution in [0.25, 0.3) is 11.5 Å². The average molecular weight is 471 g/mol. The maximum absolute atomic E-state index is 10.4. The van der Waals surface area contributed by atoms with Crippen molar-refractivity contribution >= 4 is 11.9 Å². The van der Waals surface area contributed by atoms with Gasteiger partial charge in [0, 0.05) is 13.2 Å². The molecule has 1 aliphatic carbocycles. The summed E-state index contributed by atoms with van der Waals surface area (Å²) in [6.07, 6.45) is 1.26. The molecule has 1 aliphatic rings. The first-order chi connectivity index (χ1) is 8.84. The second-order valence-corrected chi connectivity index (χ2v) is 4.72. The van der Waals surface area contributed by atoms with Crippen molar-refractivity contribution in [2.45, 2.75) is 19.3 Å². The van der Waals surface area contributed by atoms with Crippen molar-refractivity contribution in [3.63, 3.8) is 0 Å².